The maximum absolute atomic E-state index is 14.8. The predicted molar refractivity (Wildman–Crippen MR) is 90.6 cm³/mol. The van der Waals surface area contributed by atoms with E-state index in [2.05, 4.69) is 0 Å². The molecule has 0 saturated carbocycles. The van der Waals surface area contributed by atoms with Crippen LogP contribution in [0.3, 0.4) is 0 Å². The van der Waals surface area contributed by atoms with Crippen LogP contribution in [0.15, 0.2) is 36.4 Å². The van der Waals surface area contributed by atoms with Gasteiger partial charge in [-0.3, -0.25) is 0 Å². The average Bonchev–Trinajstić information content (AvgIpc) is 2.51. The summed E-state index contributed by atoms with van der Waals surface area (Å²) in [6.45, 7) is 2.68. The minimum absolute atomic E-state index is 0.0728. The van der Waals surface area contributed by atoms with E-state index in [-0.39, 0.29) is 16.7 Å². The van der Waals surface area contributed by atoms with Gasteiger partial charge in [-0.05, 0) is 42.7 Å². The lowest BCUT2D eigenvalue weighted by molar-refractivity contribution is -0.348. The van der Waals surface area contributed by atoms with Gasteiger partial charge in [0, 0.05) is 25.3 Å². The lowest BCUT2D eigenvalue weighted by Gasteiger charge is -2.33. The van der Waals surface area contributed by atoms with Crippen molar-refractivity contribution in [2.24, 2.45) is 0 Å². The molecule has 0 spiro atoms. The van der Waals surface area contributed by atoms with Crippen molar-refractivity contribution >= 4 is 5.69 Å². The number of anilines is 1. The van der Waals surface area contributed by atoms with Gasteiger partial charge in [-0.15, -0.1) is 0 Å². The van der Waals surface area contributed by atoms with E-state index < -0.39 is 29.1 Å². The van der Waals surface area contributed by atoms with Gasteiger partial charge in [0.15, 0.2) is 0 Å². The maximum Gasteiger partial charge on any atom is 0.435 e. The molecule has 0 aliphatic heterocycles. The van der Waals surface area contributed by atoms with Crippen LogP contribution in [0, 0.1) is 13.8 Å². The highest BCUT2D eigenvalue weighted by Crippen LogP contribution is 2.55. The Bertz CT molecular complexity index is 804. The van der Waals surface area contributed by atoms with Crippen LogP contribution in [0.2, 0.25) is 0 Å². The first-order valence-electron chi connectivity index (χ1n) is 7.92. The van der Waals surface area contributed by atoms with Crippen LogP contribution < -0.4 is 4.90 Å². The summed E-state index contributed by atoms with van der Waals surface area (Å²) in [7, 11) is 3.47. The molecule has 0 heterocycles. The van der Waals surface area contributed by atoms with E-state index in [4.69, 9.17) is 0 Å². The molecular formula is C19H18F7N. The Morgan fingerprint density at radius 2 is 1.22 bits per heavy atom. The molecule has 0 bridgehead atoms. The number of aryl methyl sites for hydroxylation is 2. The molecule has 2 aromatic carbocycles. The Kier molecular flexibility index (Phi) is 5.24. The molecular weight excluding hydrogens is 375 g/mol. The number of nitrogens with zero attached hydrogens (tertiary/aromatic N) is 1. The van der Waals surface area contributed by atoms with Crippen LogP contribution in [-0.4, -0.2) is 26.4 Å². The van der Waals surface area contributed by atoms with Gasteiger partial charge in [0.25, 0.3) is 0 Å². The minimum atomic E-state index is -6.16. The standard InChI is InChI=1S/C19H18F7N/c1-11-9-12(2)16(13-5-7-14(8-6-13)27(3)4)15(10-11)17(20,18(21,22)23)19(24,25)26/h5-10H,1-4H3. The van der Waals surface area contributed by atoms with Gasteiger partial charge in [-0.25, -0.2) is 4.39 Å². The largest absolute Gasteiger partial charge is 0.435 e. The summed E-state index contributed by atoms with van der Waals surface area (Å²) in [5.41, 5.74) is -6.34. The first-order valence-corrected chi connectivity index (χ1v) is 7.92. The van der Waals surface area contributed by atoms with Gasteiger partial charge >= 0.3 is 18.0 Å². The predicted octanol–water partition coefficient (Wildman–Crippen LogP) is 6.33. The van der Waals surface area contributed by atoms with Gasteiger partial charge in [0.05, 0.1) is 0 Å². The molecule has 0 N–H and O–H groups in total. The van der Waals surface area contributed by atoms with Gasteiger partial charge in [0.1, 0.15) is 0 Å². The highest BCUT2D eigenvalue weighted by molar-refractivity contribution is 5.74. The number of alkyl halides is 7. The Balaban J connectivity index is 2.85. The van der Waals surface area contributed by atoms with Gasteiger partial charge in [-0.2, -0.15) is 26.3 Å². The fourth-order valence-corrected chi connectivity index (χ4v) is 3.01. The van der Waals surface area contributed by atoms with Crippen molar-refractivity contribution in [1.82, 2.24) is 0 Å². The first kappa shape index (κ1) is 21.1. The van der Waals surface area contributed by atoms with Gasteiger partial charge < -0.3 is 4.90 Å². The van der Waals surface area contributed by atoms with Crippen molar-refractivity contribution in [2.45, 2.75) is 31.9 Å². The van der Waals surface area contributed by atoms with E-state index >= 15 is 0 Å². The van der Waals surface area contributed by atoms with E-state index in [1.54, 1.807) is 31.1 Å². The Morgan fingerprint density at radius 3 is 1.63 bits per heavy atom. The fourth-order valence-electron chi connectivity index (χ4n) is 3.01. The van der Waals surface area contributed by atoms with E-state index in [1.165, 1.54) is 32.0 Å². The molecule has 8 heteroatoms. The van der Waals surface area contributed by atoms with Crippen LogP contribution >= 0.6 is 0 Å². The highest BCUT2D eigenvalue weighted by Gasteiger charge is 2.74. The zero-order valence-corrected chi connectivity index (χ0v) is 15.1. The molecule has 0 saturated heterocycles. The summed E-state index contributed by atoms with van der Waals surface area (Å²) in [4.78, 5) is 1.72. The van der Waals surface area contributed by atoms with Crippen molar-refractivity contribution < 1.29 is 30.7 Å². The van der Waals surface area contributed by atoms with E-state index in [1.807, 2.05) is 0 Å². The SMILES string of the molecule is Cc1cc(C)c(-c2ccc(N(C)C)cc2)c(C(F)(C(F)(F)F)C(F)(F)F)c1. The summed E-state index contributed by atoms with van der Waals surface area (Å²) in [5, 5.41) is 0. The van der Waals surface area contributed by atoms with Gasteiger partial charge in [0.2, 0.25) is 0 Å². The molecule has 27 heavy (non-hydrogen) atoms. The second-order valence-electron chi connectivity index (χ2n) is 6.60. The van der Waals surface area contributed by atoms with Crippen molar-refractivity contribution in [1.29, 1.82) is 0 Å². The molecule has 2 aromatic rings. The Labute approximate surface area is 152 Å². The third-order valence-corrected chi connectivity index (χ3v) is 4.30. The summed E-state index contributed by atoms with van der Waals surface area (Å²) < 4.78 is 94.7. The molecule has 0 aliphatic carbocycles. The molecule has 0 aromatic heterocycles. The third-order valence-electron chi connectivity index (χ3n) is 4.30. The number of benzene rings is 2. The molecule has 0 aliphatic rings. The zero-order valence-electron chi connectivity index (χ0n) is 15.1. The molecule has 0 unspecified atom stereocenters. The number of hydrogen-bond acceptors (Lipinski definition) is 1. The summed E-state index contributed by atoms with van der Waals surface area (Å²) in [5.74, 6) is 0. The normalized spacial score (nSPS) is 13.0. The van der Waals surface area contributed by atoms with Crippen LogP contribution in [0.1, 0.15) is 16.7 Å². The molecule has 148 valence electrons. The summed E-state index contributed by atoms with van der Waals surface area (Å²) >= 11 is 0. The lowest BCUT2D eigenvalue weighted by atomic mass is 9.83. The van der Waals surface area contributed by atoms with Crippen LogP contribution in [-0.2, 0) is 5.67 Å². The van der Waals surface area contributed by atoms with E-state index in [0.717, 1.165) is 0 Å². The Morgan fingerprint density at radius 1 is 0.741 bits per heavy atom. The molecule has 0 fully saturated rings. The second-order valence-corrected chi connectivity index (χ2v) is 6.60. The summed E-state index contributed by atoms with van der Waals surface area (Å²) in [6, 6.07) is 7.88. The van der Waals surface area contributed by atoms with E-state index in [0.29, 0.717) is 11.8 Å². The van der Waals surface area contributed by atoms with Crippen molar-refractivity contribution in [3.63, 3.8) is 0 Å². The topological polar surface area (TPSA) is 3.24 Å². The average molecular weight is 393 g/mol. The lowest BCUT2D eigenvalue weighted by Crippen LogP contribution is -2.50. The monoisotopic (exact) mass is 393 g/mol. The fraction of sp³-hybridized carbons (Fsp3) is 0.368. The van der Waals surface area contributed by atoms with Crippen LogP contribution in [0.25, 0.3) is 11.1 Å². The zero-order chi connectivity index (χ0) is 20.8. The molecule has 0 radical (unpaired) electrons. The number of halogens is 7. The highest BCUT2D eigenvalue weighted by atomic mass is 19.4. The maximum atomic E-state index is 14.8. The minimum Gasteiger partial charge on any atom is -0.378 e. The Hall–Kier alpha value is -2.25. The molecule has 0 amide bonds. The van der Waals surface area contributed by atoms with Gasteiger partial charge in [-0.1, -0.05) is 29.8 Å². The summed E-state index contributed by atoms with van der Waals surface area (Å²) in [6.07, 6.45) is -12.3. The van der Waals surface area contributed by atoms with Crippen molar-refractivity contribution in [3.8, 4) is 11.1 Å². The smallest absolute Gasteiger partial charge is 0.378 e. The number of rotatable bonds is 3. The van der Waals surface area contributed by atoms with Crippen LogP contribution in [0.5, 0.6) is 0 Å². The van der Waals surface area contributed by atoms with Crippen molar-refractivity contribution in [3.05, 3.63) is 53.1 Å². The third kappa shape index (κ3) is 3.61. The molecule has 2 rings (SSSR count). The molecule has 1 nitrogen and oxygen atoms in total. The van der Waals surface area contributed by atoms with Crippen LogP contribution in [0.4, 0.5) is 36.4 Å². The van der Waals surface area contributed by atoms with Crippen molar-refractivity contribution in [2.75, 3.05) is 19.0 Å². The number of hydrogen-bond donors (Lipinski definition) is 0. The quantitative estimate of drug-likeness (QED) is 0.551. The first-order chi connectivity index (χ1) is 12.2. The second kappa shape index (κ2) is 6.73. The molecule has 0 atom stereocenters. The van der Waals surface area contributed by atoms with E-state index in [9.17, 15) is 30.7 Å².